The van der Waals surface area contributed by atoms with E-state index in [2.05, 4.69) is 5.10 Å². The molecule has 108 valence electrons. The lowest BCUT2D eigenvalue weighted by Gasteiger charge is -2.16. The Morgan fingerprint density at radius 3 is 2.32 bits per heavy atom. The topological polar surface area (TPSA) is 52.0 Å². The van der Waals surface area contributed by atoms with Crippen LogP contribution in [0.1, 0.15) is 70.0 Å². The van der Waals surface area contributed by atoms with E-state index in [-0.39, 0.29) is 17.0 Å². The molecule has 6 heteroatoms. The van der Waals surface area contributed by atoms with Crippen molar-refractivity contribution in [2.45, 2.75) is 69.4 Å². The van der Waals surface area contributed by atoms with Crippen molar-refractivity contribution < 1.29 is 8.42 Å². The predicted octanol–water partition coefficient (Wildman–Crippen LogP) is 3.83. The monoisotopic (exact) mass is 304 g/mol. The summed E-state index contributed by atoms with van der Waals surface area (Å²) in [7, 11) is 1.82. The summed E-state index contributed by atoms with van der Waals surface area (Å²) in [5.74, 6) is 0.198. The maximum Gasteiger partial charge on any atom is 0.278 e. The SMILES string of the molecule is CC(C)c1cc(S(=O)(=O)Cl)n(C2CCCCCC2)n1. The molecule has 1 saturated carbocycles. The van der Waals surface area contributed by atoms with Crippen LogP contribution in [0.15, 0.2) is 11.1 Å². The van der Waals surface area contributed by atoms with Gasteiger partial charge in [0.25, 0.3) is 9.05 Å². The van der Waals surface area contributed by atoms with Crippen LogP contribution in [0, 0.1) is 0 Å². The molecule has 2 rings (SSSR count). The van der Waals surface area contributed by atoms with Gasteiger partial charge in [0.15, 0.2) is 5.03 Å². The Kier molecular flexibility index (Phi) is 4.56. The van der Waals surface area contributed by atoms with Gasteiger partial charge >= 0.3 is 0 Å². The fourth-order valence-corrected chi connectivity index (χ4v) is 3.64. The van der Waals surface area contributed by atoms with Gasteiger partial charge < -0.3 is 0 Å². The molecular weight excluding hydrogens is 284 g/mol. The van der Waals surface area contributed by atoms with Crippen molar-refractivity contribution in [2.75, 3.05) is 0 Å². The highest BCUT2D eigenvalue weighted by atomic mass is 35.7. The molecule has 19 heavy (non-hydrogen) atoms. The van der Waals surface area contributed by atoms with Crippen LogP contribution < -0.4 is 0 Å². The van der Waals surface area contributed by atoms with Crippen LogP contribution in [0.5, 0.6) is 0 Å². The average molecular weight is 305 g/mol. The predicted molar refractivity (Wildman–Crippen MR) is 76.1 cm³/mol. The lowest BCUT2D eigenvalue weighted by atomic mass is 10.1. The van der Waals surface area contributed by atoms with Crippen molar-refractivity contribution >= 4 is 19.7 Å². The van der Waals surface area contributed by atoms with Gasteiger partial charge in [0.05, 0.1) is 11.7 Å². The quantitative estimate of drug-likeness (QED) is 0.630. The van der Waals surface area contributed by atoms with Crippen molar-refractivity contribution in [1.82, 2.24) is 9.78 Å². The van der Waals surface area contributed by atoms with Gasteiger partial charge in [0.2, 0.25) is 0 Å². The summed E-state index contributed by atoms with van der Waals surface area (Å²) in [6.45, 7) is 4.01. The molecule has 1 aliphatic carbocycles. The smallest absolute Gasteiger partial charge is 0.250 e. The van der Waals surface area contributed by atoms with Crippen molar-refractivity contribution in [2.24, 2.45) is 0 Å². The van der Waals surface area contributed by atoms with Crippen LogP contribution in [0.2, 0.25) is 0 Å². The van der Waals surface area contributed by atoms with Gasteiger partial charge in [-0.25, -0.2) is 13.1 Å². The van der Waals surface area contributed by atoms with Gasteiger partial charge in [-0.1, -0.05) is 39.5 Å². The highest BCUT2D eigenvalue weighted by Gasteiger charge is 2.25. The van der Waals surface area contributed by atoms with Gasteiger partial charge in [-0.15, -0.1) is 0 Å². The van der Waals surface area contributed by atoms with E-state index < -0.39 is 9.05 Å². The third kappa shape index (κ3) is 3.51. The first-order chi connectivity index (χ1) is 8.89. The first kappa shape index (κ1) is 14.9. The van der Waals surface area contributed by atoms with Gasteiger partial charge in [-0.2, -0.15) is 5.10 Å². The second-order valence-corrected chi connectivity index (χ2v) is 8.10. The maximum absolute atomic E-state index is 11.7. The summed E-state index contributed by atoms with van der Waals surface area (Å²) < 4.78 is 25.1. The molecule has 1 aromatic rings. The van der Waals surface area contributed by atoms with Crippen LogP contribution in [0.4, 0.5) is 0 Å². The molecule has 0 aliphatic heterocycles. The van der Waals surface area contributed by atoms with Crippen molar-refractivity contribution in [3.05, 3.63) is 11.8 Å². The summed E-state index contributed by atoms with van der Waals surface area (Å²) in [6, 6.07) is 1.79. The third-order valence-corrected chi connectivity index (χ3v) is 5.01. The van der Waals surface area contributed by atoms with Crippen LogP contribution >= 0.6 is 10.7 Å². The fraction of sp³-hybridized carbons (Fsp3) is 0.769. The minimum Gasteiger partial charge on any atom is -0.250 e. The molecule has 0 radical (unpaired) electrons. The normalized spacial score (nSPS) is 18.7. The zero-order chi connectivity index (χ0) is 14.0. The average Bonchev–Trinajstić information content (AvgIpc) is 2.60. The van der Waals surface area contributed by atoms with Gasteiger partial charge in [-0.3, -0.25) is 0 Å². The van der Waals surface area contributed by atoms with E-state index in [9.17, 15) is 8.42 Å². The Labute approximate surface area is 119 Å². The lowest BCUT2D eigenvalue weighted by Crippen LogP contribution is -2.14. The molecule has 0 bridgehead atoms. The van der Waals surface area contributed by atoms with E-state index in [0.29, 0.717) is 0 Å². The Bertz CT molecular complexity index is 529. The molecule has 1 heterocycles. The number of hydrogen-bond donors (Lipinski definition) is 0. The summed E-state index contributed by atoms with van der Waals surface area (Å²) in [5, 5.41) is 4.65. The van der Waals surface area contributed by atoms with E-state index in [1.165, 1.54) is 12.8 Å². The number of hydrogen-bond acceptors (Lipinski definition) is 3. The van der Waals surface area contributed by atoms with Crippen LogP contribution in [-0.2, 0) is 9.05 Å². The molecule has 0 spiro atoms. The third-order valence-electron chi connectivity index (χ3n) is 3.73. The van der Waals surface area contributed by atoms with Gasteiger partial charge in [-0.05, 0) is 24.8 Å². The summed E-state index contributed by atoms with van der Waals surface area (Å²) >= 11 is 0. The number of nitrogens with zero attached hydrogens (tertiary/aromatic N) is 2. The second-order valence-electron chi connectivity index (χ2n) is 5.59. The Morgan fingerprint density at radius 2 is 1.84 bits per heavy atom. The molecular formula is C13H21ClN2O2S. The standard InChI is InChI=1S/C13H21ClN2O2S/c1-10(2)12-9-13(19(14,17)18)16(15-12)11-7-5-3-4-6-8-11/h9-11H,3-8H2,1-2H3. The van der Waals surface area contributed by atoms with E-state index in [1.54, 1.807) is 10.7 Å². The number of rotatable bonds is 3. The van der Waals surface area contributed by atoms with Crippen LogP contribution in [0.3, 0.4) is 0 Å². The van der Waals surface area contributed by atoms with E-state index in [4.69, 9.17) is 10.7 Å². The number of halogens is 1. The van der Waals surface area contributed by atoms with Gasteiger partial charge in [0.1, 0.15) is 0 Å². The highest BCUT2D eigenvalue weighted by Crippen LogP contribution is 2.31. The first-order valence-corrected chi connectivity index (χ1v) is 9.24. The molecule has 4 nitrogen and oxygen atoms in total. The van der Waals surface area contributed by atoms with Crippen LogP contribution in [0.25, 0.3) is 0 Å². The van der Waals surface area contributed by atoms with Crippen molar-refractivity contribution in [3.63, 3.8) is 0 Å². The van der Waals surface area contributed by atoms with E-state index >= 15 is 0 Å². The molecule has 0 saturated heterocycles. The molecule has 1 aromatic heterocycles. The first-order valence-electron chi connectivity index (χ1n) is 6.93. The lowest BCUT2D eigenvalue weighted by molar-refractivity contribution is 0.374. The molecule has 1 aliphatic rings. The largest absolute Gasteiger partial charge is 0.278 e. The Balaban J connectivity index is 2.42. The molecule has 0 unspecified atom stereocenters. The summed E-state index contributed by atoms with van der Waals surface area (Å²) in [5.41, 5.74) is 0.795. The summed E-state index contributed by atoms with van der Waals surface area (Å²) in [6.07, 6.45) is 6.67. The maximum atomic E-state index is 11.7. The zero-order valence-electron chi connectivity index (χ0n) is 11.5. The second kappa shape index (κ2) is 5.83. The minimum absolute atomic E-state index is 0.157. The van der Waals surface area contributed by atoms with Gasteiger partial charge in [0, 0.05) is 10.7 Å². The highest BCUT2D eigenvalue weighted by molar-refractivity contribution is 8.13. The zero-order valence-corrected chi connectivity index (χ0v) is 13.0. The Hall–Kier alpha value is -0.550. The molecule has 0 N–H and O–H groups in total. The molecule has 1 fully saturated rings. The van der Waals surface area contributed by atoms with E-state index in [0.717, 1.165) is 31.4 Å². The summed E-state index contributed by atoms with van der Waals surface area (Å²) in [4.78, 5) is 0. The van der Waals surface area contributed by atoms with Crippen LogP contribution in [-0.4, -0.2) is 18.2 Å². The van der Waals surface area contributed by atoms with E-state index in [1.807, 2.05) is 13.8 Å². The van der Waals surface area contributed by atoms with Crippen molar-refractivity contribution in [3.8, 4) is 0 Å². The van der Waals surface area contributed by atoms with Crippen molar-refractivity contribution in [1.29, 1.82) is 0 Å². The molecule has 0 atom stereocenters. The molecule has 0 aromatic carbocycles. The minimum atomic E-state index is -3.73. The molecule has 0 amide bonds. The Morgan fingerprint density at radius 1 is 1.26 bits per heavy atom. The number of aromatic nitrogens is 2. The fourth-order valence-electron chi connectivity index (χ4n) is 2.62.